The Balaban J connectivity index is 1.91. The molecule has 1 aliphatic rings. The average molecular weight is 411 g/mol. The Bertz CT molecular complexity index is 890. The molecule has 6 nitrogen and oxygen atoms in total. The highest BCUT2D eigenvalue weighted by molar-refractivity contribution is 5.77. The van der Waals surface area contributed by atoms with E-state index in [4.69, 9.17) is 9.47 Å². The summed E-state index contributed by atoms with van der Waals surface area (Å²) in [5.41, 5.74) is 2.22. The summed E-state index contributed by atoms with van der Waals surface area (Å²) >= 11 is 0. The number of β-amino-alcohol motifs (C(OH)–C–C–N with tert-alkyl or cyclic N) is 1. The lowest BCUT2D eigenvalue weighted by molar-refractivity contribution is -0.150. The van der Waals surface area contributed by atoms with Gasteiger partial charge < -0.3 is 19.5 Å². The van der Waals surface area contributed by atoms with E-state index in [1.165, 1.54) is 12.0 Å². The van der Waals surface area contributed by atoms with E-state index in [2.05, 4.69) is 0 Å². The molecule has 3 atom stereocenters. The van der Waals surface area contributed by atoms with Gasteiger partial charge in [-0.3, -0.25) is 4.79 Å². The molecule has 0 radical (unpaired) electrons. The number of likely N-dealkylation sites (tertiary alicyclic amines) is 1. The van der Waals surface area contributed by atoms with Crippen LogP contribution in [0.1, 0.15) is 32.3 Å². The van der Waals surface area contributed by atoms with Crippen molar-refractivity contribution in [1.82, 2.24) is 4.90 Å². The van der Waals surface area contributed by atoms with Crippen molar-refractivity contribution in [2.45, 2.75) is 38.4 Å². The quantitative estimate of drug-likeness (QED) is 0.777. The zero-order valence-corrected chi connectivity index (χ0v) is 17.9. The summed E-state index contributed by atoms with van der Waals surface area (Å²) < 4.78 is 10.4. The summed E-state index contributed by atoms with van der Waals surface area (Å²) in [5.74, 6) is -1.64. The standard InChI is InChI=1S/C24H29NO5/c1-24(2,3)30-23(28)25-14-19(22(27)29-4)21(20(26)15-25)18-12-8-11-17(13-18)16-9-6-5-7-10-16/h5-13,19-21,26H,14-15H2,1-4H3/t19-,20+,21+/m0/s1. The van der Waals surface area contributed by atoms with Gasteiger partial charge >= 0.3 is 12.1 Å². The first kappa shape index (κ1) is 21.8. The SMILES string of the molecule is COC(=O)[C@H]1CN(C(=O)OC(C)(C)C)C[C@@H](O)[C@@H]1c1cccc(-c2ccccc2)c1. The summed E-state index contributed by atoms with van der Waals surface area (Å²) in [5, 5.41) is 11.0. The monoisotopic (exact) mass is 411 g/mol. The second-order valence-corrected chi connectivity index (χ2v) is 8.60. The first-order valence-corrected chi connectivity index (χ1v) is 10.1. The Hall–Kier alpha value is -2.86. The first-order chi connectivity index (χ1) is 14.2. The van der Waals surface area contributed by atoms with E-state index in [0.29, 0.717) is 0 Å². The van der Waals surface area contributed by atoms with E-state index in [9.17, 15) is 14.7 Å². The van der Waals surface area contributed by atoms with Crippen LogP contribution in [0.2, 0.25) is 0 Å². The van der Waals surface area contributed by atoms with Crippen molar-refractivity contribution >= 4 is 12.1 Å². The highest BCUT2D eigenvalue weighted by Crippen LogP contribution is 2.36. The number of hydrogen-bond acceptors (Lipinski definition) is 5. The molecule has 6 heteroatoms. The van der Waals surface area contributed by atoms with Crippen LogP contribution in [-0.2, 0) is 14.3 Å². The average Bonchev–Trinajstić information content (AvgIpc) is 2.72. The largest absolute Gasteiger partial charge is 0.469 e. The van der Waals surface area contributed by atoms with Gasteiger partial charge in [-0.25, -0.2) is 4.79 Å². The van der Waals surface area contributed by atoms with Crippen molar-refractivity contribution in [3.05, 3.63) is 60.2 Å². The molecule has 0 saturated carbocycles. The molecule has 0 spiro atoms. The molecule has 0 aromatic heterocycles. The fourth-order valence-corrected chi connectivity index (χ4v) is 3.89. The van der Waals surface area contributed by atoms with Crippen molar-refractivity contribution in [3.8, 4) is 11.1 Å². The van der Waals surface area contributed by atoms with Crippen LogP contribution in [-0.4, -0.2) is 54.0 Å². The number of aliphatic hydroxyl groups is 1. The minimum absolute atomic E-state index is 0.0860. The van der Waals surface area contributed by atoms with Crippen LogP contribution in [0.15, 0.2) is 54.6 Å². The Morgan fingerprint density at radius 2 is 1.67 bits per heavy atom. The van der Waals surface area contributed by atoms with Crippen LogP contribution in [0.25, 0.3) is 11.1 Å². The van der Waals surface area contributed by atoms with Gasteiger partial charge in [0.15, 0.2) is 0 Å². The lowest BCUT2D eigenvalue weighted by Crippen LogP contribution is -2.53. The Morgan fingerprint density at radius 1 is 1.00 bits per heavy atom. The van der Waals surface area contributed by atoms with Gasteiger partial charge in [-0.1, -0.05) is 54.6 Å². The number of ether oxygens (including phenoxy) is 2. The third-order valence-corrected chi connectivity index (χ3v) is 5.21. The van der Waals surface area contributed by atoms with Gasteiger partial charge in [-0.15, -0.1) is 0 Å². The number of carbonyl (C=O) groups excluding carboxylic acids is 2. The second kappa shape index (κ2) is 8.88. The number of methoxy groups -OCH3 is 1. The molecule has 1 fully saturated rings. The molecule has 0 bridgehead atoms. The summed E-state index contributed by atoms with van der Waals surface area (Å²) in [7, 11) is 1.32. The molecular weight excluding hydrogens is 382 g/mol. The smallest absolute Gasteiger partial charge is 0.410 e. The summed E-state index contributed by atoms with van der Waals surface area (Å²) in [6, 6.07) is 17.7. The maximum absolute atomic E-state index is 12.6. The number of rotatable bonds is 3. The highest BCUT2D eigenvalue weighted by atomic mass is 16.6. The van der Waals surface area contributed by atoms with Gasteiger partial charge in [0.1, 0.15) is 5.60 Å². The zero-order valence-electron chi connectivity index (χ0n) is 17.9. The topological polar surface area (TPSA) is 76.1 Å². The van der Waals surface area contributed by atoms with Gasteiger partial charge in [-0.05, 0) is 37.5 Å². The first-order valence-electron chi connectivity index (χ1n) is 10.1. The van der Waals surface area contributed by atoms with E-state index in [1.807, 2.05) is 54.6 Å². The number of nitrogens with zero attached hydrogens (tertiary/aromatic N) is 1. The fourth-order valence-electron chi connectivity index (χ4n) is 3.89. The predicted octanol–water partition coefficient (Wildman–Crippen LogP) is 3.84. The van der Waals surface area contributed by atoms with Crippen LogP contribution < -0.4 is 0 Å². The van der Waals surface area contributed by atoms with Crippen LogP contribution in [0.4, 0.5) is 4.79 Å². The van der Waals surface area contributed by atoms with Gasteiger partial charge in [-0.2, -0.15) is 0 Å². The summed E-state index contributed by atoms with van der Waals surface area (Å²) in [4.78, 5) is 26.5. The van der Waals surface area contributed by atoms with Crippen LogP contribution in [0.3, 0.4) is 0 Å². The molecule has 30 heavy (non-hydrogen) atoms. The molecule has 2 aromatic rings. The number of hydrogen-bond donors (Lipinski definition) is 1. The Labute approximate surface area is 177 Å². The van der Waals surface area contributed by atoms with E-state index >= 15 is 0 Å². The lowest BCUT2D eigenvalue weighted by atomic mass is 9.78. The van der Waals surface area contributed by atoms with E-state index in [-0.39, 0.29) is 13.1 Å². The van der Waals surface area contributed by atoms with E-state index < -0.39 is 35.6 Å². The van der Waals surface area contributed by atoms with E-state index in [1.54, 1.807) is 20.8 Å². The number of amides is 1. The molecule has 1 aliphatic heterocycles. The minimum Gasteiger partial charge on any atom is -0.469 e. The number of benzene rings is 2. The van der Waals surface area contributed by atoms with Crippen molar-refractivity contribution in [1.29, 1.82) is 0 Å². The molecular formula is C24H29NO5. The van der Waals surface area contributed by atoms with Gasteiger partial charge in [0.05, 0.1) is 25.7 Å². The van der Waals surface area contributed by atoms with E-state index in [0.717, 1.165) is 16.7 Å². The van der Waals surface area contributed by atoms with Gasteiger partial charge in [0.2, 0.25) is 0 Å². The molecule has 160 valence electrons. The predicted molar refractivity (Wildman–Crippen MR) is 114 cm³/mol. The molecule has 0 unspecified atom stereocenters. The van der Waals surface area contributed by atoms with Crippen molar-refractivity contribution in [2.24, 2.45) is 5.92 Å². The second-order valence-electron chi connectivity index (χ2n) is 8.60. The molecule has 2 aromatic carbocycles. The highest BCUT2D eigenvalue weighted by Gasteiger charge is 2.44. The number of esters is 1. The lowest BCUT2D eigenvalue weighted by Gasteiger charge is -2.41. The number of carbonyl (C=O) groups is 2. The summed E-state index contributed by atoms with van der Waals surface area (Å²) in [6.45, 7) is 5.55. The van der Waals surface area contributed by atoms with Crippen molar-refractivity contribution in [3.63, 3.8) is 0 Å². The maximum atomic E-state index is 12.6. The Morgan fingerprint density at radius 3 is 2.30 bits per heavy atom. The van der Waals surface area contributed by atoms with Gasteiger partial charge in [0.25, 0.3) is 0 Å². The normalized spacial score (nSPS) is 21.8. The van der Waals surface area contributed by atoms with Crippen molar-refractivity contribution in [2.75, 3.05) is 20.2 Å². The third kappa shape index (κ3) is 5.00. The summed E-state index contributed by atoms with van der Waals surface area (Å²) in [6.07, 6.45) is -1.48. The molecule has 1 heterocycles. The number of piperidine rings is 1. The maximum Gasteiger partial charge on any atom is 0.410 e. The molecule has 1 amide bonds. The zero-order chi connectivity index (χ0) is 21.9. The van der Waals surface area contributed by atoms with Gasteiger partial charge in [0, 0.05) is 12.5 Å². The molecule has 0 aliphatic carbocycles. The molecule has 1 N–H and O–H groups in total. The number of aliphatic hydroxyl groups excluding tert-OH is 1. The fraction of sp³-hybridized carbons (Fsp3) is 0.417. The molecule has 1 saturated heterocycles. The van der Waals surface area contributed by atoms with Crippen molar-refractivity contribution < 1.29 is 24.2 Å². The van der Waals surface area contributed by atoms with Crippen LogP contribution in [0.5, 0.6) is 0 Å². The third-order valence-electron chi connectivity index (χ3n) is 5.21. The molecule has 3 rings (SSSR count). The minimum atomic E-state index is -0.929. The Kier molecular flexibility index (Phi) is 6.46. The van der Waals surface area contributed by atoms with Crippen LogP contribution in [0, 0.1) is 5.92 Å². The van der Waals surface area contributed by atoms with Crippen LogP contribution >= 0.6 is 0 Å².